The maximum absolute atomic E-state index is 11.6. The predicted molar refractivity (Wildman–Crippen MR) is 107 cm³/mol. The highest BCUT2D eigenvalue weighted by molar-refractivity contribution is 9.10. The van der Waals surface area contributed by atoms with Gasteiger partial charge in [-0.1, -0.05) is 58.4 Å². The van der Waals surface area contributed by atoms with Gasteiger partial charge < -0.3 is 4.74 Å². The molecular weight excluding hydrogens is 404 g/mol. The van der Waals surface area contributed by atoms with E-state index in [4.69, 9.17) is 4.74 Å². The zero-order chi connectivity index (χ0) is 19.0. The topological polar surface area (TPSA) is 62.1 Å². The number of benzene rings is 3. The third-order valence-corrected chi connectivity index (χ3v) is 5.11. The van der Waals surface area contributed by atoms with Crippen molar-refractivity contribution in [3.05, 3.63) is 87.7 Å². The molecule has 0 aromatic heterocycles. The van der Waals surface area contributed by atoms with E-state index in [2.05, 4.69) is 27.3 Å². The van der Waals surface area contributed by atoms with E-state index < -0.39 is 0 Å². The van der Waals surface area contributed by atoms with Gasteiger partial charge in [-0.15, -0.1) is 0 Å². The van der Waals surface area contributed by atoms with Crippen molar-refractivity contribution in [2.75, 3.05) is 0 Å². The third kappa shape index (κ3) is 3.09. The first-order valence-electron chi connectivity index (χ1n) is 8.45. The summed E-state index contributed by atoms with van der Waals surface area (Å²) < 4.78 is 6.91. The summed E-state index contributed by atoms with van der Waals surface area (Å²) in [4.78, 5) is 11.6. The van der Waals surface area contributed by atoms with Gasteiger partial charge in [0.05, 0.1) is 5.92 Å². The molecule has 0 saturated heterocycles. The summed E-state index contributed by atoms with van der Waals surface area (Å²) in [7, 11) is 0. The first kappa shape index (κ1) is 17.3. The average molecular weight is 419 g/mol. The molecule has 27 heavy (non-hydrogen) atoms. The van der Waals surface area contributed by atoms with Crippen molar-refractivity contribution in [3.8, 4) is 11.8 Å². The minimum atomic E-state index is -0.334. The molecule has 0 spiro atoms. The zero-order valence-corrected chi connectivity index (χ0v) is 16.1. The van der Waals surface area contributed by atoms with Gasteiger partial charge in [-0.25, -0.2) is 0 Å². The summed E-state index contributed by atoms with van der Waals surface area (Å²) in [6.07, 6.45) is 0. The van der Waals surface area contributed by atoms with Crippen LogP contribution in [0.5, 0.6) is 5.75 Å². The highest BCUT2D eigenvalue weighted by Gasteiger charge is 2.33. The number of allylic oxidation sites excluding steroid dienone is 1. The van der Waals surface area contributed by atoms with E-state index in [0.717, 1.165) is 26.4 Å². The Labute approximate surface area is 165 Å². The largest absolute Gasteiger partial charge is 0.440 e. The molecule has 0 fully saturated rings. The molecule has 4 nitrogen and oxygen atoms in total. The van der Waals surface area contributed by atoms with Gasteiger partial charge in [0, 0.05) is 17.0 Å². The molecule has 0 saturated carbocycles. The Hall–Kier alpha value is -3.10. The van der Waals surface area contributed by atoms with Gasteiger partial charge in [0.2, 0.25) is 11.8 Å². The Morgan fingerprint density at radius 1 is 1.11 bits per heavy atom. The molecule has 0 unspecified atom stereocenters. The molecular formula is C22H15BrN2O2. The van der Waals surface area contributed by atoms with Crippen LogP contribution in [0.1, 0.15) is 24.0 Å². The Balaban J connectivity index is 2.02. The number of nitriles is 1. The number of carbonyl (C=O) groups is 1. The lowest BCUT2D eigenvalue weighted by molar-refractivity contribution is -0.118. The smallest absolute Gasteiger partial charge is 0.223 e. The van der Waals surface area contributed by atoms with Gasteiger partial charge in [0.25, 0.3) is 0 Å². The van der Waals surface area contributed by atoms with Crippen molar-refractivity contribution in [2.45, 2.75) is 12.8 Å². The lowest BCUT2D eigenvalue weighted by Crippen LogP contribution is -2.29. The van der Waals surface area contributed by atoms with E-state index >= 15 is 0 Å². The van der Waals surface area contributed by atoms with E-state index in [1.807, 2.05) is 60.7 Å². The molecule has 1 amide bonds. The molecule has 4 rings (SSSR count). The van der Waals surface area contributed by atoms with Gasteiger partial charge in [0.15, 0.2) is 0 Å². The van der Waals surface area contributed by atoms with Crippen molar-refractivity contribution >= 4 is 32.6 Å². The van der Waals surface area contributed by atoms with E-state index in [0.29, 0.717) is 11.3 Å². The van der Waals surface area contributed by atoms with Gasteiger partial charge in [-0.2, -0.15) is 5.26 Å². The number of nitrogens with zero attached hydrogens (tertiary/aromatic N) is 1. The summed E-state index contributed by atoms with van der Waals surface area (Å²) in [6, 6.07) is 22.0. The fourth-order valence-electron chi connectivity index (χ4n) is 3.46. The van der Waals surface area contributed by atoms with E-state index in [1.54, 1.807) is 0 Å². The molecule has 132 valence electrons. The van der Waals surface area contributed by atoms with Crippen LogP contribution in [0.4, 0.5) is 0 Å². The number of hydrogen-bond acceptors (Lipinski definition) is 3. The number of carbonyl (C=O) groups excluding carboxylic acids is 1. The highest BCUT2D eigenvalue weighted by atomic mass is 79.9. The molecule has 3 aromatic carbocycles. The zero-order valence-electron chi connectivity index (χ0n) is 14.5. The van der Waals surface area contributed by atoms with E-state index in [1.165, 1.54) is 6.92 Å². The molecule has 0 aliphatic carbocycles. The van der Waals surface area contributed by atoms with Crippen molar-refractivity contribution in [3.63, 3.8) is 0 Å². The van der Waals surface area contributed by atoms with E-state index in [-0.39, 0.29) is 17.7 Å². The van der Waals surface area contributed by atoms with Crippen molar-refractivity contribution in [1.82, 2.24) is 5.32 Å². The summed E-state index contributed by atoms with van der Waals surface area (Å²) >= 11 is 3.46. The Kier molecular flexibility index (Phi) is 4.43. The molecule has 1 aliphatic rings. The van der Waals surface area contributed by atoms with E-state index in [9.17, 15) is 10.1 Å². The number of halogens is 1. The van der Waals surface area contributed by atoms with Crippen LogP contribution in [-0.4, -0.2) is 5.91 Å². The number of fused-ring (bicyclic) bond motifs is 3. The predicted octanol–water partition coefficient (Wildman–Crippen LogP) is 5.00. The third-order valence-electron chi connectivity index (χ3n) is 4.58. The van der Waals surface area contributed by atoms with Gasteiger partial charge in [0.1, 0.15) is 17.4 Å². The normalized spacial score (nSPS) is 15.7. The molecule has 5 heteroatoms. The SMILES string of the molecule is CC(=O)NC1=C(C#N)[C@H](c2ccc(Br)cc2)c2c(ccc3ccccc23)O1. The maximum atomic E-state index is 11.6. The second-order valence-electron chi connectivity index (χ2n) is 6.32. The number of rotatable bonds is 2. The fraction of sp³-hybridized carbons (Fsp3) is 0.0909. The Morgan fingerprint density at radius 3 is 2.56 bits per heavy atom. The number of nitrogens with one attached hydrogen (secondary N) is 1. The summed E-state index contributed by atoms with van der Waals surface area (Å²) in [5.74, 6) is 0.224. The molecule has 0 radical (unpaired) electrons. The number of hydrogen-bond donors (Lipinski definition) is 1. The van der Waals surface area contributed by atoms with Gasteiger partial charge in [-0.3, -0.25) is 10.1 Å². The van der Waals surface area contributed by atoms with Crippen molar-refractivity contribution < 1.29 is 9.53 Å². The van der Waals surface area contributed by atoms with Crippen LogP contribution in [0.15, 0.2) is 76.6 Å². The van der Waals surface area contributed by atoms with Crippen LogP contribution in [0.2, 0.25) is 0 Å². The molecule has 1 N–H and O–H groups in total. The Bertz CT molecular complexity index is 1130. The van der Waals surface area contributed by atoms with Crippen LogP contribution in [-0.2, 0) is 4.79 Å². The second kappa shape index (κ2) is 6.90. The van der Waals surface area contributed by atoms with Crippen molar-refractivity contribution in [2.24, 2.45) is 0 Å². The first-order valence-corrected chi connectivity index (χ1v) is 9.24. The van der Waals surface area contributed by atoms with Crippen LogP contribution in [0.25, 0.3) is 10.8 Å². The molecule has 1 atom stereocenters. The molecule has 1 aliphatic heterocycles. The summed E-state index contributed by atoms with van der Waals surface area (Å²) in [6.45, 7) is 1.40. The Morgan fingerprint density at radius 2 is 1.85 bits per heavy atom. The van der Waals surface area contributed by atoms with Crippen LogP contribution < -0.4 is 10.1 Å². The minimum absolute atomic E-state index is 0.195. The number of amides is 1. The summed E-state index contributed by atoms with van der Waals surface area (Å²) in [5, 5.41) is 14.7. The van der Waals surface area contributed by atoms with Gasteiger partial charge >= 0.3 is 0 Å². The van der Waals surface area contributed by atoms with Crippen LogP contribution in [0.3, 0.4) is 0 Å². The van der Waals surface area contributed by atoms with Crippen LogP contribution >= 0.6 is 15.9 Å². The minimum Gasteiger partial charge on any atom is -0.440 e. The first-order chi connectivity index (χ1) is 13.1. The average Bonchev–Trinajstić information content (AvgIpc) is 2.67. The maximum Gasteiger partial charge on any atom is 0.223 e. The number of ether oxygens (including phenoxy) is 1. The second-order valence-corrected chi connectivity index (χ2v) is 7.24. The molecule has 3 aromatic rings. The fourth-order valence-corrected chi connectivity index (χ4v) is 3.72. The molecule has 1 heterocycles. The summed E-state index contributed by atoms with van der Waals surface area (Å²) in [5.41, 5.74) is 2.27. The monoisotopic (exact) mass is 418 g/mol. The highest BCUT2D eigenvalue weighted by Crippen LogP contribution is 2.46. The standard InChI is InChI=1S/C22H15BrN2O2/c1-13(26)25-22-18(12-24)20(15-6-9-16(23)10-7-15)21-17-5-3-2-4-14(17)8-11-19(21)27-22/h2-11,20H,1H3,(H,25,26)/t20-/m0/s1. The van der Waals surface area contributed by atoms with Crippen LogP contribution in [0, 0.1) is 11.3 Å². The lowest BCUT2D eigenvalue weighted by Gasteiger charge is -2.29. The lowest BCUT2D eigenvalue weighted by atomic mass is 9.81. The van der Waals surface area contributed by atoms with Gasteiger partial charge in [-0.05, 0) is 34.5 Å². The van der Waals surface area contributed by atoms with Crippen molar-refractivity contribution in [1.29, 1.82) is 5.26 Å². The quantitative estimate of drug-likeness (QED) is 0.636. The molecule has 0 bridgehead atoms.